The van der Waals surface area contributed by atoms with E-state index in [-0.39, 0.29) is 24.6 Å². The molecule has 10 heteroatoms. The average Bonchev–Trinajstić information content (AvgIpc) is 3.25. The Hall–Kier alpha value is -3.16. The smallest absolute Gasteiger partial charge is 0.297 e. The minimum absolute atomic E-state index is 0.00269. The predicted molar refractivity (Wildman–Crippen MR) is 128 cm³/mol. The number of nitriles is 1. The van der Waals surface area contributed by atoms with Crippen LogP contribution in [-0.2, 0) is 21.2 Å². The van der Waals surface area contributed by atoms with Gasteiger partial charge in [-0.2, -0.15) is 13.7 Å². The number of piperidine rings is 2. The maximum absolute atomic E-state index is 13.0. The fourth-order valence-electron chi connectivity index (χ4n) is 5.02. The molecule has 0 saturated carbocycles. The van der Waals surface area contributed by atoms with E-state index in [2.05, 4.69) is 16.3 Å². The molecule has 0 aliphatic carbocycles. The number of aryl methyl sites for hydroxylation is 2. The molecule has 0 spiro atoms. The summed E-state index contributed by atoms with van der Waals surface area (Å²) in [7, 11) is -4.29. The minimum atomic E-state index is -4.29. The van der Waals surface area contributed by atoms with E-state index in [0.29, 0.717) is 22.7 Å². The number of carbonyl (C=O) groups excluding carboxylic acids is 2. The van der Waals surface area contributed by atoms with Crippen LogP contribution in [0.5, 0.6) is 0 Å². The Morgan fingerprint density at radius 1 is 1.17 bits per heavy atom. The second-order valence-electron chi connectivity index (χ2n) is 9.20. The van der Waals surface area contributed by atoms with Crippen molar-refractivity contribution in [3.63, 3.8) is 0 Å². The van der Waals surface area contributed by atoms with E-state index in [0.717, 1.165) is 38.8 Å². The fourth-order valence-corrected chi connectivity index (χ4v) is 6.04. The Morgan fingerprint density at radius 2 is 1.94 bits per heavy atom. The zero-order chi connectivity index (χ0) is 25.0. The van der Waals surface area contributed by atoms with E-state index in [4.69, 9.17) is 9.68 Å². The number of rotatable bonds is 7. The van der Waals surface area contributed by atoms with Gasteiger partial charge in [0.1, 0.15) is 0 Å². The van der Waals surface area contributed by atoms with Crippen LogP contribution in [0, 0.1) is 18.3 Å². The van der Waals surface area contributed by atoms with Crippen LogP contribution in [0.25, 0.3) is 0 Å². The molecule has 2 unspecified atom stereocenters. The summed E-state index contributed by atoms with van der Waals surface area (Å²) in [6.07, 6.45) is 5.32. The molecule has 4 rings (SSSR count). The summed E-state index contributed by atoms with van der Waals surface area (Å²) >= 11 is 0. The van der Waals surface area contributed by atoms with Crippen LogP contribution >= 0.6 is 0 Å². The standard InChI is InChI=1S/C25H30N4O5S/c1-17-15-23(35(32,33)28-22(30)12-11-18-7-2-3-8-19(18)16-26)34-24(17)25(31)27-20-9-6-14-29-13-5-4-10-21(20)29/h2-3,7-8,15,20-21H,4-6,9-14H2,1H3,(H,27,31)(H,28,30). The number of fused-ring (bicyclic) bond motifs is 1. The SMILES string of the molecule is Cc1cc(S(=O)(=O)NC(=O)CCc2ccccc2C#N)oc1C(=O)NC1CCCN2CCCCC12. The normalized spacial score (nSPS) is 20.5. The lowest BCUT2D eigenvalue weighted by Gasteiger charge is -2.44. The first-order valence-corrected chi connectivity index (χ1v) is 13.5. The maximum atomic E-state index is 13.0. The summed E-state index contributed by atoms with van der Waals surface area (Å²) in [5.74, 6) is -1.23. The van der Waals surface area contributed by atoms with Crippen molar-refractivity contribution in [1.29, 1.82) is 5.26 Å². The Labute approximate surface area is 205 Å². The molecule has 0 bridgehead atoms. The molecule has 1 aromatic carbocycles. The van der Waals surface area contributed by atoms with Gasteiger partial charge in [0.05, 0.1) is 11.6 Å². The van der Waals surface area contributed by atoms with Crippen LogP contribution < -0.4 is 10.0 Å². The Bertz CT molecular complexity index is 1240. The van der Waals surface area contributed by atoms with Crippen molar-refractivity contribution >= 4 is 21.8 Å². The molecule has 2 aliphatic rings. The second-order valence-corrected chi connectivity index (χ2v) is 10.8. The molecule has 2 aliphatic heterocycles. The molecule has 3 heterocycles. The zero-order valence-electron chi connectivity index (χ0n) is 19.7. The van der Waals surface area contributed by atoms with Gasteiger partial charge in [0.25, 0.3) is 15.9 Å². The molecular formula is C25H30N4O5S. The lowest BCUT2D eigenvalue weighted by molar-refractivity contribution is -0.119. The van der Waals surface area contributed by atoms with Crippen LogP contribution in [0.2, 0.25) is 0 Å². The number of hydrogen-bond donors (Lipinski definition) is 2. The fraction of sp³-hybridized carbons (Fsp3) is 0.480. The highest BCUT2D eigenvalue weighted by molar-refractivity contribution is 7.89. The first-order valence-electron chi connectivity index (χ1n) is 12.0. The van der Waals surface area contributed by atoms with Crippen molar-refractivity contribution in [2.75, 3.05) is 13.1 Å². The van der Waals surface area contributed by atoms with Crippen molar-refractivity contribution in [2.24, 2.45) is 0 Å². The molecule has 2 aromatic rings. The van der Waals surface area contributed by atoms with Gasteiger partial charge < -0.3 is 9.73 Å². The number of nitrogens with one attached hydrogen (secondary N) is 2. The second kappa shape index (κ2) is 10.6. The summed E-state index contributed by atoms with van der Waals surface area (Å²) in [5, 5.41) is 11.7. The van der Waals surface area contributed by atoms with Gasteiger partial charge in [-0.25, -0.2) is 4.72 Å². The minimum Gasteiger partial charge on any atom is -0.437 e. The van der Waals surface area contributed by atoms with Gasteiger partial charge in [-0.3, -0.25) is 14.5 Å². The number of furan rings is 1. The molecular weight excluding hydrogens is 468 g/mol. The van der Waals surface area contributed by atoms with Crippen LogP contribution in [0.1, 0.15) is 65.8 Å². The van der Waals surface area contributed by atoms with Gasteiger partial charge in [-0.05, 0) is 63.7 Å². The number of hydrogen-bond acceptors (Lipinski definition) is 7. The molecule has 2 saturated heterocycles. The molecule has 2 amide bonds. The first kappa shape index (κ1) is 24.9. The highest BCUT2D eigenvalue weighted by atomic mass is 32.2. The first-order chi connectivity index (χ1) is 16.8. The summed E-state index contributed by atoms with van der Waals surface area (Å²) in [5.41, 5.74) is 1.49. The summed E-state index contributed by atoms with van der Waals surface area (Å²) in [6.45, 7) is 3.69. The van der Waals surface area contributed by atoms with Crippen molar-refractivity contribution in [1.82, 2.24) is 14.9 Å². The highest BCUT2D eigenvalue weighted by Gasteiger charge is 2.35. The summed E-state index contributed by atoms with van der Waals surface area (Å²) in [4.78, 5) is 27.7. The van der Waals surface area contributed by atoms with E-state index in [1.807, 2.05) is 4.72 Å². The van der Waals surface area contributed by atoms with Crippen molar-refractivity contribution in [3.8, 4) is 6.07 Å². The molecule has 0 radical (unpaired) electrons. The van der Waals surface area contributed by atoms with Gasteiger partial charge in [0.2, 0.25) is 11.0 Å². The molecule has 2 atom stereocenters. The Morgan fingerprint density at radius 3 is 2.74 bits per heavy atom. The highest BCUT2D eigenvalue weighted by Crippen LogP contribution is 2.27. The molecule has 1 aromatic heterocycles. The predicted octanol–water partition coefficient (Wildman–Crippen LogP) is 2.64. The van der Waals surface area contributed by atoms with E-state index in [9.17, 15) is 18.0 Å². The lowest BCUT2D eigenvalue weighted by atomic mass is 9.88. The van der Waals surface area contributed by atoms with Crippen molar-refractivity contribution in [3.05, 3.63) is 52.8 Å². The lowest BCUT2D eigenvalue weighted by Crippen LogP contribution is -2.56. The number of amides is 2. The van der Waals surface area contributed by atoms with Gasteiger partial charge >= 0.3 is 0 Å². The van der Waals surface area contributed by atoms with E-state index >= 15 is 0 Å². The number of carbonyl (C=O) groups is 2. The van der Waals surface area contributed by atoms with E-state index < -0.39 is 26.9 Å². The number of sulfonamides is 1. The summed E-state index contributed by atoms with van der Waals surface area (Å²) in [6, 6.07) is 10.4. The molecule has 186 valence electrons. The van der Waals surface area contributed by atoms with Crippen molar-refractivity contribution in [2.45, 2.75) is 69.0 Å². The molecule has 9 nitrogen and oxygen atoms in total. The van der Waals surface area contributed by atoms with Crippen molar-refractivity contribution < 1.29 is 22.4 Å². The van der Waals surface area contributed by atoms with Crippen LogP contribution in [-0.4, -0.2) is 50.3 Å². The van der Waals surface area contributed by atoms with Gasteiger partial charge in [-0.15, -0.1) is 0 Å². The Kier molecular flexibility index (Phi) is 7.57. The van der Waals surface area contributed by atoms with Crippen LogP contribution in [0.4, 0.5) is 0 Å². The molecule has 2 fully saturated rings. The van der Waals surface area contributed by atoms with Gasteiger partial charge in [-0.1, -0.05) is 24.6 Å². The van der Waals surface area contributed by atoms with Crippen LogP contribution in [0.3, 0.4) is 0 Å². The third kappa shape index (κ3) is 5.74. The largest absolute Gasteiger partial charge is 0.437 e. The summed E-state index contributed by atoms with van der Waals surface area (Å²) < 4.78 is 32.9. The number of benzene rings is 1. The third-order valence-electron chi connectivity index (χ3n) is 6.78. The zero-order valence-corrected chi connectivity index (χ0v) is 20.6. The number of nitrogens with zero attached hydrogens (tertiary/aromatic N) is 2. The van der Waals surface area contributed by atoms with Gasteiger partial charge in [0.15, 0.2) is 5.76 Å². The topological polar surface area (TPSA) is 133 Å². The molecule has 2 N–H and O–H groups in total. The molecule has 35 heavy (non-hydrogen) atoms. The van der Waals surface area contributed by atoms with Gasteiger partial charge in [0, 0.05) is 30.1 Å². The van der Waals surface area contributed by atoms with E-state index in [1.165, 1.54) is 12.5 Å². The third-order valence-corrected chi connectivity index (χ3v) is 8.01. The van der Waals surface area contributed by atoms with E-state index in [1.54, 1.807) is 31.2 Å². The monoisotopic (exact) mass is 498 g/mol. The quantitative estimate of drug-likeness (QED) is 0.600. The van der Waals surface area contributed by atoms with Crippen LogP contribution in [0.15, 0.2) is 39.8 Å². The Balaban J connectivity index is 1.39. The maximum Gasteiger partial charge on any atom is 0.297 e. The average molecular weight is 499 g/mol.